The lowest BCUT2D eigenvalue weighted by molar-refractivity contribution is 1.50. The average molecular weight is 125 g/mol. The number of allylic oxidation sites excluding steroid dienone is 3. The van der Waals surface area contributed by atoms with Crippen molar-refractivity contribution in [3.63, 3.8) is 0 Å². The molecule has 8 heavy (non-hydrogen) atoms. The molecular formula is C6H7NS. The zero-order chi connectivity index (χ0) is 6.41. The summed E-state index contributed by atoms with van der Waals surface area (Å²) in [5, 5.41) is 9.71. The first-order valence-electron chi connectivity index (χ1n) is 2.22. The standard InChI is InChI=1S/C6H7NS/c1-2-3-6(4-7)5-8/h2-3,5,8H,1H3/b3-2-,6-5+. The van der Waals surface area contributed by atoms with Gasteiger partial charge in [-0.2, -0.15) is 17.9 Å². The van der Waals surface area contributed by atoms with Crippen molar-refractivity contribution >= 4 is 12.6 Å². The molecule has 0 saturated heterocycles. The molecular weight excluding hydrogens is 118 g/mol. The van der Waals surface area contributed by atoms with E-state index in [9.17, 15) is 0 Å². The molecule has 42 valence electrons. The molecule has 0 rings (SSSR count). The fourth-order valence-electron chi connectivity index (χ4n) is 0.289. The SMILES string of the molecule is C/C=C\C(C#N)=C/S. The highest BCUT2D eigenvalue weighted by Crippen LogP contribution is 1.94. The number of hydrogen-bond donors (Lipinski definition) is 1. The van der Waals surface area contributed by atoms with E-state index in [1.807, 2.05) is 13.0 Å². The van der Waals surface area contributed by atoms with Crippen LogP contribution < -0.4 is 0 Å². The Balaban J connectivity index is 3.98. The van der Waals surface area contributed by atoms with Gasteiger partial charge in [-0.05, 0) is 18.4 Å². The Morgan fingerprint density at radius 1 is 1.75 bits per heavy atom. The molecule has 0 aliphatic heterocycles. The molecule has 2 heteroatoms. The molecule has 0 aromatic rings. The number of thiol groups is 1. The Hall–Kier alpha value is -0.680. The van der Waals surface area contributed by atoms with Crippen molar-refractivity contribution < 1.29 is 0 Å². The van der Waals surface area contributed by atoms with E-state index in [0.717, 1.165) is 0 Å². The van der Waals surface area contributed by atoms with Gasteiger partial charge in [0, 0.05) is 0 Å². The van der Waals surface area contributed by atoms with Gasteiger partial charge in [0.1, 0.15) is 0 Å². The van der Waals surface area contributed by atoms with Crippen LogP contribution in [0, 0.1) is 11.3 Å². The Labute approximate surface area is 54.7 Å². The Morgan fingerprint density at radius 3 is 2.50 bits per heavy atom. The molecule has 0 aliphatic rings. The molecule has 0 atom stereocenters. The van der Waals surface area contributed by atoms with Gasteiger partial charge in [0.05, 0.1) is 11.6 Å². The van der Waals surface area contributed by atoms with Crippen molar-refractivity contribution in [1.82, 2.24) is 0 Å². The third-order valence-electron chi connectivity index (χ3n) is 0.614. The molecule has 0 aromatic heterocycles. The first-order valence-corrected chi connectivity index (χ1v) is 2.74. The molecule has 1 nitrogen and oxygen atoms in total. The molecule has 0 bridgehead atoms. The molecule has 0 saturated carbocycles. The second kappa shape index (κ2) is 4.48. The van der Waals surface area contributed by atoms with Gasteiger partial charge in [-0.1, -0.05) is 6.08 Å². The Bertz CT molecular complexity index is 150. The van der Waals surface area contributed by atoms with Gasteiger partial charge in [0.15, 0.2) is 0 Å². The highest BCUT2D eigenvalue weighted by Gasteiger charge is 1.79. The Kier molecular flexibility index (Phi) is 4.10. The third-order valence-corrected chi connectivity index (χ3v) is 0.893. The lowest BCUT2D eigenvalue weighted by Crippen LogP contribution is -1.63. The maximum Gasteiger partial charge on any atom is 0.0996 e. The largest absolute Gasteiger partial charge is 0.192 e. The minimum atomic E-state index is 0.579. The highest BCUT2D eigenvalue weighted by atomic mass is 32.1. The molecule has 0 N–H and O–H groups in total. The highest BCUT2D eigenvalue weighted by molar-refractivity contribution is 7.83. The molecule has 0 heterocycles. The first kappa shape index (κ1) is 7.32. The molecule has 0 amide bonds. The van der Waals surface area contributed by atoms with Crippen molar-refractivity contribution in [2.75, 3.05) is 0 Å². The van der Waals surface area contributed by atoms with E-state index in [1.165, 1.54) is 5.41 Å². The van der Waals surface area contributed by atoms with Crippen molar-refractivity contribution in [2.24, 2.45) is 0 Å². The summed E-state index contributed by atoms with van der Waals surface area (Å²) in [6.45, 7) is 1.86. The molecule has 0 spiro atoms. The fourth-order valence-corrected chi connectivity index (χ4v) is 0.433. The van der Waals surface area contributed by atoms with Crippen LogP contribution in [0.3, 0.4) is 0 Å². The summed E-state index contributed by atoms with van der Waals surface area (Å²) >= 11 is 3.79. The summed E-state index contributed by atoms with van der Waals surface area (Å²) in [4.78, 5) is 0. The number of nitriles is 1. The first-order chi connectivity index (χ1) is 3.85. The second-order valence-corrected chi connectivity index (χ2v) is 1.45. The summed E-state index contributed by atoms with van der Waals surface area (Å²) in [7, 11) is 0. The minimum absolute atomic E-state index is 0.579. The fraction of sp³-hybridized carbons (Fsp3) is 0.167. The van der Waals surface area contributed by atoms with Crippen molar-refractivity contribution in [3.05, 3.63) is 23.1 Å². The predicted octanol–water partition coefficient (Wildman–Crippen LogP) is 1.90. The van der Waals surface area contributed by atoms with Gasteiger partial charge in [-0.15, -0.1) is 0 Å². The van der Waals surface area contributed by atoms with Gasteiger partial charge >= 0.3 is 0 Å². The van der Waals surface area contributed by atoms with E-state index in [-0.39, 0.29) is 0 Å². The third kappa shape index (κ3) is 2.49. The van der Waals surface area contributed by atoms with Gasteiger partial charge in [0.25, 0.3) is 0 Å². The Morgan fingerprint density at radius 2 is 2.38 bits per heavy atom. The summed E-state index contributed by atoms with van der Waals surface area (Å²) in [5.74, 6) is 0. The molecule has 0 radical (unpaired) electrons. The monoisotopic (exact) mass is 125 g/mol. The maximum atomic E-state index is 8.24. The van der Waals surface area contributed by atoms with Crippen LogP contribution in [0.4, 0.5) is 0 Å². The smallest absolute Gasteiger partial charge is 0.0996 e. The van der Waals surface area contributed by atoms with Crippen LogP contribution in [0.2, 0.25) is 0 Å². The molecule has 0 fully saturated rings. The molecule has 0 aromatic carbocycles. The van der Waals surface area contributed by atoms with E-state index in [0.29, 0.717) is 5.57 Å². The second-order valence-electron chi connectivity index (χ2n) is 1.20. The van der Waals surface area contributed by atoms with Crippen molar-refractivity contribution in [2.45, 2.75) is 6.92 Å². The predicted molar refractivity (Wildman–Crippen MR) is 37.5 cm³/mol. The summed E-state index contributed by atoms with van der Waals surface area (Å²) in [6, 6.07) is 1.95. The number of hydrogen-bond acceptors (Lipinski definition) is 2. The van der Waals surface area contributed by atoms with Crippen molar-refractivity contribution in [1.29, 1.82) is 5.26 Å². The van der Waals surface area contributed by atoms with Crippen LogP contribution in [0.1, 0.15) is 6.92 Å². The van der Waals surface area contributed by atoms with Gasteiger partial charge in [-0.25, -0.2) is 0 Å². The van der Waals surface area contributed by atoms with E-state index in [2.05, 4.69) is 12.6 Å². The summed E-state index contributed by atoms with van der Waals surface area (Å²) in [6.07, 6.45) is 3.50. The summed E-state index contributed by atoms with van der Waals surface area (Å²) < 4.78 is 0. The zero-order valence-electron chi connectivity index (χ0n) is 4.63. The summed E-state index contributed by atoms with van der Waals surface area (Å²) in [5.41, 5.74) is 0.579. The van der Waals surface area contributed by atoms with Crippen molar-refractivity contribution in [3.8, 4) is 6.07 Å². The lowest BCUT2D eigenvalue weighted by Gasteiger charge is -1.77. The number of nitrogens with zero attached hydrogens (tertiary/aromatic N) is 1. The van der Waals surface area contributed by atoms with Crippen LogP contribution in [0.15, 0.2) is 23.1 Å². The van der Waals surface area contributed by atoms with E-state index in [4.69, 9.17) is 5.26 Å². The van der Waals surface area contributed by atoms with E-state index >= 15 is 0 Å². The lowest BCUT2D eigenvalue weighted by atomic mass is 10.3. The van der Waals surface area contributed by atoms with Crippen LogP contribution >= 0.6 is 12.6 Å². The quantitative estimate of drug-likeness (QED) is 0.323. The minimum Gasteiger partial charge on any atom is -0.192 e. The van der Waals surface area contributed by atoms with Gasteiger partial charge in [0.2, 0.25) is 0 Å². The topological polar surface area (TPSA) is 23.8 Å². The van der Waals surface area contributed by atoms with Gasteiger partial charge < -0.3 is 0 Å². The van der Waals surface area contributed by atoms with E-state index < -0.39 is 0 Å². The van der Waals surface area contributed by atoms with Crippen LogP contribution in [-0.4, -0.2) is 0 Å². The maximum absolute atomic E-state index is 8.24. The molecule has 0 unspecified atom stereocenters. The zero-order valence-corrected chi connectivity index (χ0v) is 5.52. The van der Waals surface area contributed by atoms with Crippen LogP contribution in [0.5, 0.6) is 0 Å². The number of rotatable bonds is 1. The molecule has 0 aliphatic carbocycles. The average Bonchev–Trinajstić information content (AvgIpc) is 1.83. The van der Waals surface area contributed by atoms with Crippen LogP contribution in [-0.2, 0) is 0 Å². The van der Waals surface area contributed by atoms with Crippen LogP contribution in [0.25, 0.3) is 0 Å². The normalized spacial score (nSPS) is 11.9. The van der Waals surface area contributed by atoms with Gasteiger partial charge in [-0.3, -0.25) is 0 Å². The van der Waals surface area contributed by atoms with E-state index in [1.54, 1.807) is 12.2 Å².